The summed E-state index contributed by atoms with van der Waals surface area (Å²) in [6.07, 6.45) is 4.71. The van der Waals surface area contributed by atoms with Gasteiger partial charge in [0.15, 0.2) is 0 Å². The van der Waals surface area contributed by atoms with E-state index in [9.17, 15) is 4.79 Å². The fourth-order valence-corrected chi connectivity index (χ4v) is 4.43. The van der Waals surface area contributed by atoms with Crippen LogP contribution in [0.5, 0.6) is 11.5 Å². The second kappa shape index (κ2) is 7.91. The minimum atomic E-state index is -0.438. The number of aromatic nitrogens is 2. The van der Waals surface area contributed by atoms with E-state index in [0.29, 0.717) is 11.6 Å². The molecular weight excluding hydrogens is 386 g/mol. The Morgan fingerprint density at radius 1 is 1.00 bits per heavy atom. The van der Waals surface area contributed by atoms with Crippen LogP contribution < -0.4 is 10.5 Å². The van der Waals surface area contributed by atoms with E-state index < -0.39 is 5.91 Å². The van der Waals surface area contributed by atoms with Gasteiger partial charge in [-0.15, -0.1) is 0 Å². The minimum absolute atomic E-state index is 0.404. The topological polar surface area (TPSA) is 70.1 Å². The molecule has 0 saturated heterocycles. The predicted octanol–water partition coefficient (Wildman–Crippen LogP) is 6.02. The number of primary amides is 1. The van der Waals surface area contributed by atoms with Crippen molar-refractivity contribution in [2.75, 3.05) is 0 Å². The number of nitrogens with zero attached hydrogens (tertiary/aromatic N) is 2. The maximum Gasteiger partial charge on any atom is 0.248 e. The average molecular weight is 412 g/mol. The van der Waals surface area contributed by atoms with Crippen LogP contribution in [0, 0.1) is 6.92 Å². The van der Waals surface area contributed by atoms with E-state index in [4.69, 9.17) is 15.5 Å². The number of imidazole rings is 1. The number of carbonyl (C=O) groups excluding carboxylic acids is 1. The van der Waals surface area contributed by atoms with Gasteiger partial charge in [-0.3, -0.25) is 4.79 Å². The van der Waals surface area contributed by atoms with E-state index in [2.05, 4.69) is 17.6 Å². The first-order chi connectivity index (χ1) is 15.1. The molecule has 4 aromatic rings. The van der Waals surface area contributed by atoms with Gasteiger partial charge in [0.25, 0.3) is 0 Å². The summed E-state index contributed by atoms with van der Waals surface area (Å²) in [5.41, 5.74) is 10.00. The lowest BCUT2D eigenvalue weighted by Gasteiger charge is -2.17. The van der Waals surface area contributed by atoms with E-state index in [1.807, 2.05) is 48.5 Å². The summed E-state index contributed by atoms with van der Waals surface area (Å²) in [5.74, 6) is 2.03. The second-order valence-electron chi connectivity index (χ2n) is 8.25. The standard InChI is InChI=1S/C26H25N3O2/c1-17-9-12-21(13-10-17)31-22-8-4-5-19(15-22)26-28-23-16-18(25(27)30)11-14-24(23)29(26)20-6-2-3-7-20/h4-5,8-16,20H,2-3,6-7H2,1H3,(H2,27,30). The zero-order chi connectivity index (χ0) is 21.4. The number of rotatable bonds is 5. The van der Waals surface area contributed by atoms with E-state index in [1.54, 1.807) is 12.1 Å². The van der Waals surface area contributed by atoms with Crippen LogP contribution in [-0.4, -0.2) is 15.5 Å². The van der Waals surface area contributed by atoms with Gasteiger partial charge in [-0.1, -0.05) is 42.7 Å². The maximum atomic E-state index is 11.7. The van der Waals surface area contributed by atoms with Crippen molar-refractivity contribution in [2.45, 2.75) is 38.6 Å². The molecule has 1 aliphatic carbocycles. The number of hydrogen-bond acceptors (Lipinski definition) is 3. The highest BCUT2D eigenvalue weighted by atomic mass is 16.5. The third-order valence-corrected chi connectivity index (χ3v) is 6.01. The van der Waals surface area contributed by atoms with Crippen LogP contribution in [0.3, 0.4) is 0 Å². The van der Waals surface area contributed by atoms with E-state index in [-0.39, 0.29) is 0 Å². The molecule has 0 spiro atoms. The summed E-state index contributed by atoms with van der Waals surface area (Å²) in [7, 11) is 0. The minimum Gasteiger partial charge on any atom is -0.457 e. The molecule has 1 heterocycles. The van der Waals surface area contributed by atoms with Crippen molar-refractivity contribution in [2.24, 2.45) is 5.73 Å². The van der Waals surface area contributed by atoms with Crippen molar-refractivity contribution in [3.05, 3.63) is 77.9 Å². The lowest BCUT2D eigenvalue weighted by Crippen LogP contribution is -2.10. The van der Waals surface area contributed by atoms with Crippen molar-refractivity contribution >= 4 is 16.9 Å². The number of benzene rings is 3. The highest BCUT2D eigenvalue weighted by molar-refractivity contribution is 5.96. The number of hydrogen-bond donors (Lipinski definition) is 1. The average Bonchev–Trinajstić information content (AvgIpc) is 3.42. The maximum absolute atomic E-state index is 11.7. The largest absolute Gasteiger partial charge is 0.457 e. The van der Waals surface area contributed by atoms with E-state index in [1.165, 1.54) is 18.4 Å². The summed E-state index contributed by atoms with van der Waals surface area (Å²) in [4.78, 5) is 16.6. The Bertz CT molecular complexity index is 1250. The van der Waals surface area contributed by atoms with Crippen LogP contribution in [0.15, 0.2) is 66.7 Å². The fourth-order valence-electron chi connectivity index (χ4n) is 4.43. The first kappa shape index (κ1) is 19.4. The molecule has 1 fully saturated rings. The quantitative estimate of drug-likeness (QED) is 0.437. The van der Waals surface area contributed by atoms with Crippen LogP contribution in [-0.2, 0) is 0 Å². The molecular formula is C26H25N3O2. The Balaban J connectivity index is 1.59. The van der Waals surface area contributed by atoms with E-state index in [0.717, 1.165) is 46.8 Å². The Morgan fingerprint density at radius 3 is 2.52 bits per heavy atom. The van der Waals surface area contributed by atoms with Crippen LogP contribution in [0.4, 0.5) is 0 Å². The van der Waals surface area contributed by atoms with Gasteiger partial charge < -0.3 is 15.0 Å². The number of ether oxygens (including phenoxy) is 1. The van der Waals surface area contributed by atoms with E-state index >= 15 is 0 Å². The molecule has 5 rings (SSSR count). The van der Waals surface area contributed by atoms with Crippen LogP contribution in [0.2, 0.25) is 0 Å². The molecule has 1 saturated carbocycles. The predicted molar refractivity (Wildman–Crippen MR) is 122 cm³/mol. The summed E-state index contributed by atoms with van der Waals surface area (Å²) in [5, 5.41) is 0. The number of fused-ring (bicyclic) bond motifs is 1. The molecule has 0 aliphatic heterocycles. The first-order valence-corrected chi connectivity index (χ1v) is 10.8. The van der Waals surface area contributed by atoms with Gasteiger partial charge in [0.2, 0.25) is 5.91 Å². The third kappa shape index (κ3) is 3.79. The Labute approximate surface area is 181 Å². The molecule has 156 valence electrons. The zero-order valence-electron chi connectivity index (χ0n) is 17.5. The summed E-state index contributed by atoms with van der Waals surface area (Å²) in [6.45, 7) is 2.06. The molecule has 0 atom stereocenters. The van der Waals surface area contributed by atoms with Crippen molar-refractivity contribution in [3.63, 3.8) is 0 Å². The van der Waals surface area contributed by atoms with Gasteiger partial charge >= 0.3 is 0 Å². The highest BCUT2D eigenvalue weighted by Gasteiger charge is 2.24. The van der Waals surface area contributed by atoms with Gasteiger partial charge in [0, 0.05) is 17.2 Å². The number of nitrogens with two attached hydrogens (primary N) is 1. The normalized spacial score (nSPS) is 14.2. The molecule has 3 aromatic carbocycles. The number of aryl methyl sites for hydroxylation is 1. The summed E-state index contributed by atoms with van der Waals surface area (Å²) >= 11 is 0. The number of amides is 1. The lowest BCUT2D eigenvalue weighted by molar-refractivity contribution is 0.100. The van der Waals surface area contributed by atoms with Gasteiger partial charge in [-0.2, -0.15) is 0 Å². The summed E-state index contributed by atoms with van der Waals surface area (Å²) < 4.78 is 8.42. The molecule has 0 bridgehead atoms. The Hall–Kier alpha value is -3.60. The Morgan fingerprint density at radius 2 is 1.77 bits per heavy atom. The smallest absolute Gasteiger partial charge is 0.248 e. The van der Waals surface area contributed by atoms with Crippen molar-refractivity contribution in [3.8, 4) is 22.9 Å². The molecule has 1 aromatic heterocycles. The molecule has 1 amide bonds. The van der Waals surface area contributed by atoms with Crippen molar-refractivity contribution in [1.82, 2.24) is 9.55 Å². The molecule has 0 unspecified atom stereocenters. The molecule has 5 nitrogen and oxygen atoms in total. The monoisotopic (exact) mass is 411 g/mol. The lowest BCUT2D eigenvalue weighted by atomic mass is 10.1. The Kier molecular flexibility index (Phi) is 4.94. The molecule has 31 heavy (non-hydrogen) atoms. The van der Waals surface area contributed by atoms with Crippen LogP contribution in [0.1, 0.15) is 47.6 Å². The molecule has 0 radical (unpaired) electrons. The second-order valence-corrected chi connectivity index (χ2v) is 8.25. The van der Waals surface area contributed by atoms with Crippen molar-refractivity contribution < 1.29 is 9.53 Å². The highest BCUT2D eigenvalue weighted by Crippen LogP contribution is 2.38. The van der Waals surface area contributed by atoms with Crippen molar-refractivity contribution in [1.29, 1.82) is 0 Å². The third-order valence-electron chi connectivity index (χ3n) is 6.01. The van der Waals surface area contributed by atoms with Gasteiger partial charge in [-0.05, 0) is 62.2 Å². The molecule has 2 N–H and O–H groups in total. The number of carbonyl (C=O) groups is 1. The SMILES string of the molecule is Cc1ccc(Oc2cccc(-c3nc4cc(C(N)=O)ccc4n3C3CCCC3)c2)cc1. The van der Waals surface area contributed by atoms with Crippen LogP contribution >= 0.6 is 0 Å². The van der Waals surface area contributed by atoms with Gasteiger partial charge in [0.1, 0.15) is 17.3 Å². The molecule has 5 heteroatoms. The van der Waals surface area contributed by atoms with Gasteiger partial charge in [-0.25, -0.2) is 4.98 Å². The first-order valence-electron chi connectivity index (χ1n) is 10.8. The zero-order valence-corrected chi connectivity index (χ0v) is 17.5. The van der Waals surface area contributed by atoms with Crippen LogP contribution in [0.25, 0.3) is 22.4 Å². The van der Waals surface area contributed by atoms with Gasteiger partial charge in [0.05, 0.1) is 11.0 Å². The molecule has 1 aliphatic rings. The summed E-state index contributed by atoms with van der Waals surface area (Å²) in [6, 6.07) is 22.0. The fraction of sp³-hybridized carbons (Fsp3) is 0.231.